The quantitative estimate of drug-likeness (QED) is 0.445. The van der Waals surface area contributed by atoms with Crippen molar-refractivity contribution in [3.05, 3.63) is 0 Å². The normalized spacial score (nSPS) is 18.1. The topological polar surface area (TPSA) is 36.3 Å². The molecule has 0 bridgehead atoms. The lowest BCUT2D eigenvalue weighted by Gasteiger charge is -2.26. The summed E-state index contributed by atoms with van der Waals surface area (Å²) in [4.78, 5) is 1.99. The van der Waals surface area contributed by atoms with Gasteiger partial charge in [0.25, 0.3) is 6.02 Å². The number of rotatable bonds is 0. The molecule has 0 aromatic carbocycles. The number of ether oxygens (including phenoxy) is 1. The lowest BCUT2D eigenvalue weighted by Crippen LogP contribution is -2.35. The summed E-state index contributed by atoms with van der Waals surface area (Å²) in [5.41, 5.74) is -0.236. The van der Waals surface area contributed by atoms with E-state index in [2.05, 4.69) is 0 Å². The van der Waals surface area contributed by atoms with Gasteiger partial charge in [0.15, 0.2) is 0 Å². The van der Waals surface area contributed by atoms with Gasteiger partial charge in [0.05, 0.1) is 0 Å². The Balaban J connectivity index is 2.37. The summed E-state index contributed by atoms with van der Waals surface area (Å²) in [6, 6.07) is 0.333. The lowest BCUT2D eigenvalue weighted by molar-refractivity contribution is 0.0889. The molecule has 0 aromatic heterocycles. The van der Waals surface area contributed by atoms with Gasteiger partial charge in [-0.2, -0.15) is 0 Å². The minimum atomic E-state index is -0.236. The first-order valence-electron chi connectivity index (χ1n) is 4.51. The van der Waals surface area contributed by atoms with Crippen LogP contribution in [0.15, 0.2) is 0 Å². The number of likely N-dealkylation sites (tertiary alicyclic amines) is 1. The average Bonchev–Trinajstić information content (AvgIpc) is 2.32. The highest BCUT2D eigenvalue weighted by atomic mass is 16.5. The molecule has 0 radical (unpaired) electrons. The largest absolute Gasteiger partial charge is 0.460 e. The van der Waals surface area contributed by atoms with Crippen LogP contribution in [0.5, 0.6) is 0 Å². The maximum atomic E-state index is 7.65. The summed E-state index contributed by atoms with van der Waals surface area (Å²) in [5, 5.41) is 7.65. The number of amidine groups is 1. The Morgan fingerprint density at radius 2 is 1.75 bits per heavy atom. The number of hydrogen-bond donors (Lipinski definition) is 1. The number of nitrogens with zero attached hydrogens (tertiary/aromatic N) is 1. The van der Waals surface area contributed by atoms with E-state index in [1.165, 1.54) is 12.8 Å². The molecule has 0 amide bonds. The minimum Gasteiger partial charge on any atom is -0.460 e. The Morgan fingerprint density at radius 3 is 2.17 bits per heavy atom. The molecule has 12 heavy (non-hydrogen) atoms. The maximum absolute atomic E-state index is 7.65. The van der Waals surface area contributed by atoms with Gasteiger partial charge in [0.2, 0.25) is 0 Å². The molecule has 1 fully saturated rings. The maximum Gasteiger partial charge on any atom is 0.284 e. The van der Waals surface area contributed by atoms with Crippen LogP contribution in [0.2, 0.25) is 0 Å². The standard InChI is InChI=1S/C9H18N2O/c1-9(2,3)12-8(10)11-6-4-5-7-11/h10H,4-7H2,1-3H3. The van der Waals surface area contributed by atoms with Crippen LogP contribution in [0.25, 0.3) is 0 Å². The van der Waals surface area contributed by atoms with Crippen LogP contribution in [0, 0.1) is 5.41 Å². The molecule has 0 aromatic rings. The highest BCUT2D eigenvalue weighted by Gasteiger charge is 2.20. The highest BCUT2D eigenvalue weighted by molar-refractivity contribution is 5.70. The third-order valence-electron chi connectivity index (χ3n) is 1.80. The van der Waals surface area contributed by atoms with Crippen LogP contribution in [0.1, 0.15) is 33.6 Å². The fourth-order valence-electron chi connectivity index (χ4n) is 1.27. The molecule has 0 unspecified atom stereocenters. The van der Waals surface area contributed by atoms with Crippen molar-refractivity contribution in [3.63, 3.8) is 0 Å². The highest BCUT2D eigenvalue weighted by Crippen LogP contribution is 2.13. The van der Waals surface area contributed by atoms with Gasteiger partial charge in [0, 0.05) is 13.1 Å². The third-order valence-corrected chi connectivity index (χ3v) is 1.80. The second-order valence-electron chi connectivity index (χ2n) is 4.21. The van der Waals surface area contributed by atoms with Crippen LogP contribution < -0.4 is 0 Å². The van der Waals surface area contributed by atoms with Crippen molar-refractivity contribution in [1.82, 2.24) is 4.90 Å². The third kappa shape index (κ3) is 2.72. The summed E-state index contributed by atoms with van der Waals surface area (Å²) in [7, 11) is 0. The van der Waals surface area contributed by atoms with E-state index in [0.29, 0.717) is 6.02 Å². The van der Waals surface area contributed by atoms with Crippen molar-refractivity contribution in [2.24, 2.45) is 0 Å². The van der Waals surface area contributed by atoms with E-state index in [-0.39, 0.29) is 5.60 Å². The first-order chi connectivity index (χ1) is 5.49. The molecule has 1 rings (SSSR count). The fourth-order valence-corrected chi connectivity index (χ4v) is 1.27. The van der Waals surface area contributed by atoms with E-state index in [0.717, 1.165) is 13.1 Å². The van der Waals surface area contributed by atoms with E-state index >= 15 is 0 Å². The van der Waals surface area contributed by atoms with Crippen molar-refractivity contribution < 1.29 is 4.74 Å². The zero-order valence-corrected chi connectivity index (χ0v) is 8.18. The summed E-state index contributed by atoms with van der Waals surface area (Å²) < 4.78 is 5.43. The van der Waals surface area contributed by atoms with Gasteiger partial charge in [-0.15, -0.1) is 0 Å². The van der Waals surface area contributed by atoms with Gasteiger partial charge in [-0.25, -0.2) is 0 Å². The number of nitrogens with one attached hydrogen (secondary N) is 1. The van der Waals surface area contributed by atoms with Gasteiger partial charge >= 0.3 is 0 Å². The Kier molecular flexibility index (Phi) is 2.60. The molecule has 1 aliphatic rings. The summed E-state index contributed by atoms with van der Waals surface area (Å²) in [5.74, 6) is 0. The van der Waals surface area contributed by atoms with Crippen molar-refractivity contribution in [1.29, 1.82) is 5.41 Å². The second kappa shape index (κ2) is 3.33. The molecular weight excluding hydrogens is 152 g/mol. The monoisotopic (exact) mass is 170 g/mol. The van der Waals surface area contributed by atoms with Gasteiger partial charge in [-0.05, 0) is 33.6 Å². The summed E-state index contributed by atoms with van der Waals surface area (Å²) in [6.07, 6.45) is 2.38. The Morgan fingerprint density at radius 1 is 1.25 bits per heavy atom. The van der Waals surface area contributed by atoms with Crippen LogP contribution in [0.4, 0.5) is 0 Å². The van der Waals surface area contributed by atoms with E-state index in [9.17, 15) is 0 Å². The van der Waals surface area contributed by atoms with Gasteiger partial charge in [-0.3, -0.25) is 5.41 Å². The van der Waals surface area contributed by atoms with Gasteiger partial charge in [-0.1, -0.05) is 0 Å². The minimum absolute atomic E-state index is 0.236. The van der Waals surface area contributed by atoms with E-state index in [4.69, 9.17) is 10.1 Å². The van der Waals surface area contributed by atoms with Crippen molar-refractivity contribution in [2.75, 3.05) is 13.1 Å². The second-order valence-corrected chi connectivity index (χ2v) is 4.21. The lowest BCUT2D eigenvalue weighted by atomic mass is 10.2. The molecule has 70 valence electrons. The van der Waals surface area contributed by atoms with Crippen LogP contribution >= 0.6 is 0 Å². The summed E-state index contributed by atoms with van der Waals surface area (Å²) >= 11 is 0. The van der Waals surface area contributed by atoms with Crippen LogP contribution in [0.3, 0.4) is 0 Å². The van der Waals surface area contributed by atoms with Crippen molar-refractivity contribution >= 4 is 6.02 Å². The van der Waals surface area contributed by atoms with Crippen LogP contribution in [-0.2, 0) is 4.74 Å². The Labute approximate surface area is 74.2 Å². The predicted octanol–water partition coefficient (Wildman–Crippen LogP) is 1.83. The van der Waals surface area contributed by atoms with Crippen molar-refractivity contribution in [2.45, 2.75) is 39.2 Å². The predicted molar refractivity (Wildman–Crippen MR) is 49.4 cm³/mol. The first kappa shape index (κ1) is 9.36. The van der Waals surface area contributed by atoms with E-state index < -0.39 is 0 Å². The molecule has 0 saturated carbocycles. The first-order valence-corrected chi connectivity index (χ1v) is 4.51. The van der Waals surface area contributed by atoms with Gasteiger partial charge in [0.1, 0.15) is 5.60 Å². The molecule has 1 aliphatic heterocycles. The fraction of sp³-hybridized carbons (Fsp3) is 0.889. The SMILES string of the molecule is CC(C)(C)OC(=N)N1CCCC1. The van der Waals surface area contributed by atoms with E-state index in [1.54, 1.807) is 0 Å². The summed E-state index contributed by atoms with van der Waals surface area (Å²) in [6.45, 7) is 7.87. The van der Waals surface area contributed by atoms with Crippen molar-refractivity contribution in [3.8, 4) is 0 Å². The Hall–Kier alpha value is -0.730. The average molecular weight is 170 g/mol. The number of hydrogen-bond acceptors (Lipinski definition) is 2. The molecule has 3 nitrogen and oxygen atoms in total. The molecule has 3 heteroatoms. The zero-order valence-electron chi connectivity index (χ0n) is 8.18. The molecule has 1 heterocycles. The molecule has 0 aliphatic carbocycles. The Bertz CT molecular complexity index is 166. The zero-order chi connectivity index (χ0) is 9.19. The molecule has 1 saturated heterocycles. The van der Waals surface area contributed by atoms with Gasteiger partial charge < -0.3 is 9.64 Å². The molecular formula is C9H18N2O. The smallest absolute Gasteiger partial charge is 0.284 e. The van der Waals surface area contributed by atoms with E-state index in [1.807, 2.05) is 25.7 Å². The molecule has 0 atom stereocenters. The van der Waals surface area contributed by atoms with Crippen LogP contribution in [-0.4, -0.2) is 29.6 Å². The molecule has 1 N–H and O–H groups in total. The molecule has 0 spiro atoms.